The van der Waals surface area contributed by atoms with Crippen LogP contribution in [0.4, 0.5) is 11.6 Å². The number of hydrogen-bond donors (Lipinski definition) is 2. The van der Waals surface area contributed by atoms with Crippen LogP contribution in [0.1, 0.15) is 28.4 Å². The summed E-state index contributed by atoms with van der Waals surface area (Å²) in [6, 6.07) is 8.60. The number of aromatic nitrogens is 2. The maximum atomic E-state index is 5.86. The van der Waals surface area contributed by atoms with Crippen LogP contribution in [0.25, 0.3) is 0 Å². The second-order valence-corrected chi connectivity index (χ2v) is 5.11. The maximum Gasteiger partial charge on any atom is 0.134 e. The molecule has 1 unspecified atom stereocenters. The lowest BCUT2D eigenvalue weighted by atomic mass is 9.77. The predicted octanol–water partition coefficient (Wildman–Crippen LogP) is 2.43. The van der Waals surface area contributed by atoms with Crippen LogP contribution >= 0.6 is 0 Å². The van der Waals surface area contributed by atoms with E-state index in [9.17, 15) is 0 Å². The summed E-state index contributed by atoms with van der Waals surface area (Å²) in [6.45, 7) is 4.71. The van der Waals surface area contributed by atoms with Crippen molar-refractivity contribution in [1.82, 2.24) is 9.97 Å². The number of rotatable bonds is 3. The van der Waals surface area contributed by atoms with E-state index in [1.807, 2.05) is 13.8 Å². The van der Waals surface area contributed by atoms with E-state index < -0.39 is 0 Å². The van der Waals surface area contributed by atoms with Crippen molar-refractivity contribution >= 4 is 11.6 Å². The highest BCUT2D eigenvalue weighted by Gasteiger charge is 2.25. The summed E-state index contributed by atoms with van der Waals surface area (Å²) in [5.74, 6) is 2.70. The highest BCUT2D eigenvalue weighted by molar-refractivity contribution is 5.55. The number of hydrogen-bond acceptors (Lipinski definition) is 4. The molecule has 0 radical (unpaired) electrons. The molecular formula is C15H18N4. The zero-order chi connectivity index (χ0) is 13.4. The second kappa shape index (κ2) is 4.53. The number of benzene rings is 1. The molecule has 1 aromatic heterocycles. The lowest BCUT2D eigenvalue weighted by molar-refractivity contribution is 0.634. The molecule has 1 aliphatic carbocycles. The number of nitrogens with one attached hydrogen (secondary N) is 1. The Morgan fingerprint density at radius 3 is 2.84 bits per heavy atom. The molecule has 0 saturated carbocycles. The third-order valence-corrected chi connectivity index (χ3v) is 3.77. The minimum Gasteiger partial charge on any atom is -0.383 e. The molecule has 0 bridgehead atoms. The van der Waals surface area contributed by atoms with Crippen molar-refractivity contribution < 1.29 is 0 Å². The van der Waals surface area contributed by atoms with Gasteiger partial charge in [-0.25, -0.2) is 9.97 Å². The van der Waals surface area contributed by atoms with Crippen molar-refractivity contribution in [3.63, 3.8) is 0 Å². The minimum atomic E-state index is 0.559. The van der Waals surface area contributed by atoms with Gasteiger partial charge in [0.25, 0.3) is 0 Å². The third kappa shape index (κ3) is 2.14. The van der Waals surface area contributed by atoms with Crippen LogP contribution in [0.3, 0.4) is 0 Å². The lowest BCUT2D eigenvalue weighted by Gasteiger charge is -2.30. The van der Waals surface area contributed by atoms with Gasteiger partial charge in [-0.15, -0.1) is 0 Å². The Bertz CT molecular complexity index is 622. The Balaban J connectivity index is 1.72. The Morgan fingerprint density at radius 1 is 1.26 bits per heavy atom. The molecule has 3 N–H and O–H groups in total. The summed E-state index contributed by atoms with van der Waals surface area (Å²) in [7, 11) is 0. The summed E-state index contributed by atoms with van der Waals surface area (Å²) in [5.41, 5.74) is 9.70. The van der Waals surface area contributed by atoms with Gasteiger partial charge >= 0.3 is 0 Å². The molecule has 0 amide bonds. The van der Waals surface area contributed by atoms with Crippen LogP contribution < -0.4 is 11.1 Å². The number of aryl methyl sites for hydroxylation is 1. The predicted molar refractivity (Wildman–Crippen MR) is 77.3 cm³/mol. The van der Waals surface area contributed by atoms with Gasteiger partial charge in [-0.1, -0.05) is 24.3 Å². The van der Waals surface area contributed by atoms with Crippen molar-refractivity contribution in [2.45, 2.75) is 26.2 Å². The average Bonchev–Trinajstić information content (AvgIpc) is 2.36. The summed E-state index contributed by atoms with van der Waals surface area (Å²) >= 11 is 0. The van der Waals surface area contributed by atoms with E-state index in [4.69, 9.17) is 5.73 Å². The first-order valence-corrected chi connectivity index (χ1v) is 6.57. The molecule has 0 aliphatic heterocycles. The van der Waals surface area contributed by atoms with E-state index in [2.05, 4.69) is 39.6 Å². The average molecular weight is 254 g/mol. The van der Waals surface area contributed by atoms with Crippen molar-refractivity contribution in [3.05, 3.63) is 46.8 Å². The van der Waals surface area contributed by atoms with Crippen molar-refractivity contribution in [2.24, 2.45) is 0 Å². The fourth-order valence-corrected chi connectivity index (χ4v) is 2.59. The molecular weight excluding hydrogens is 236 g/mol. The molecule has 98 valence electrons. The van der Waals surface area contributed by atoms with Gasteiger partial charge in [0.2, 0.25) is 0 Å². The van der Waals surface area contributed by atoms with Crippen LogP contribution in [-0.2, 0) is 6.42 Å². The summed E-state index contributed by atoms with van der Waals surface area (Å²) in [5, 5.41) is 3.41. The summed E-state index contributed by atoms with van der Waals surface area (Å²) in [4.78, 5) is 8.58. The van der Waals surface area contributed by atoms with Gasteiger partial charge in [0, 0.05) is 18.0 Å². The standard InChI is InChI=1S/C15H18N4/c1-9-14(16)18-10(2)19-15(9)17-8-12-7-11-5-3-4-6-13(11)12/h3-6,12H,7-8H2,1-2H3,(H3,16,17,18,19). The van der Waals surface area contributed by atoms with Crippen molar-refractivity contribution in [2.75, 3.05) is 17.6 Å². The smallest absolute Gasteiger partial charge is 0.134 e. The molecule has 19 heavy (non-hydrogen) atoms. The molecule has 4 heteroatoms. The lowest BCUT2D eigenvalue weighted by Crippen LogP contribution is -2.25. The van der Waals surface area contributed by atoms with Crippen LogP contribution in [0, 0.1) is 13.8 Å². The summed E-state index contributed by atoms with van der Waals surface area (Å²) < 4.78 is 0. The van der Waals surface area contributed by atoms with Crippen LogP contribution in [0.2, 0.25) is 0 Å². The van der Waals surface area contributed by atoms with E-state index in [1.54, 1.807) is 0 Å². The Morgan fingerprint density at radius 2 is 2.05 bits per heavy atom. The fourth-order valence-electron chi connectivity index (χ4n) is 2.59. The molecule has 1 atom stereocenters. The van der Waals surface area contributed by atoms with E-state index in [0.717, 1.165) is 24.3 Å². The van der Waals surface area contributed by atoms with Gasteiger partial charge in [-0.05, 0) is 31.4 Å². The zero-order valence-electron chi connectivity index (χ0n) is 11.3. The van der Waals surface area contributed by atoms with Crippen LogP contribution in [-0.4, -0.2) is 16.5 Å². The van der Waals surface area contributed by atoms with E-state index in [1.165, 1.54) is 11.1 Å². The number of nitrogens with zero attached hydrogens (tertiary/aromatic N) is 2. The summed E-state index contributed by atoms with van der Waals surface area (Å²) in [6.07, 6.45) is 1.14. The van der Waals surface area contributed by atoms with E-state index in [0.29, 0.717) is 17.6 Å². The first-order valence-electron chi connectivity index (χ1n) is 6.57. The quantitative estimate of drug-likeness (QED) is 0.883. The first kappa shape index (κ1) is 12.0. The van der Waals surface area contributed by atoms with E-state index in [-0.39, 0.29) is 0 Å². The monoisotopic (exact) mass is 254 g/mol. The molecule has 0 spiro atoms. The van der Waals surface area contributed by atoms with Gasteiger partial charge in [0.05, 0.1) is 0 Å². The molecule has 3 rings (SSSR count). The first-order chi connectivity index (χ1) is 9.15. The maximum absolute atomic E-state index is 5.86. The third-order valence-electron chi connectivity index (χ3n) is 3.77. The Hall–Kier alpha value is -2.10. The molecule has 2 aromatic rings. The molecule has 0 fully saturated rings. The van der Waals surface area contributed by atoms with Gasteiger partial charge in [0.1, 0.15) is 17.5 Å². The van der Waals surface area contributed by atoms with Crippen LogP contribution in [0.15, 0.2) is 24.3 Å². The van der Waals surface area contributed by atoms with E-state index >= 15 is 0 Å². The minimum absolute atomic E-state index is 0.559. The molecule has 1 aromatic carbocycles. The van der Waals surface area contributed by atoms with Crippen molar-refractivity contribution in [3.8, 4) is 0 Å². The highest BCUT2D eigenvalue weighted by atomic mass is 15.1. The normalized spacial score (nSPS) is 16.6. The van der Waals surface area contributed by atoms with Gasteiger partial charge in [0.15, 0.2) is 0 Å². The topological polar surface area (TPSA) is 63.8 Å². The molecule has 4 nitrogen and oxygen atoms in total. The Kier molecular flexibility index (Phi) is 2.85. The van der Waals surface area contributed by atoms with Crippen LogP contribution in [0.5, 0.6) is 0 Å². The SMILES string of the molecule is Cc1nc(N)c(C)c(NCC2Cc3ccccc32)n1. The number of nitrogens with two attached hydrogens (primary N) is 1. The van der Waals surface area contributed by atoms with Gasteiger partial charge < -0.3 is 11.1 Å². The largest absolute Gasteiger partial charge is 0.383 e. The van der Waals surface area contributed by atoms with Gasteiger partial charge in [-0.3, -0.25) is 0 Å². The van der Waals surface area contributed by atoms with Crippen molar-refractivity contribution in [1.29, 1.82) is 0 Å². The molecule has 1 heterocycles. The molecule has 0 saturated heterocycles. The number of anilines is 2. The highest BCUT2D eigenvalue weighted by Crippen LogP contribution is 2.34. The number of nitrogen functional groups attached to an aromatic ring is 1. The second-order valence-electron chi connectivity index (χ2n) is 5.11. The fraction of sp³-hybridized carbons (Fsp3) is 0.333. The number of fused-ring (bicyclic) bond motifs is 1. The van der Waals surface area contributed by atoms with Gasteiger partial charge in [-0.2, -0.15) is 0 Å². The molecule has 1 aliphatic rings. The Labute approximate surface area is 113 Å². The zero-order valence-corrected chi connectivity index (χ0v) is 11.3.